The lowest BCUT2D eigenvalue weighted by Gasteiger charge is -2.21. The van der Waals surface area contributed by atoms with Crippen LogP contribution in [0.1, 0.15) is 56.9 Å². The second-order valence-electron chi connectivity index (χ2n) is 7.60. The van der Waals surface area contributed by atoms with Gasteiger partial charge in [0.05, 0.1) is 6.04 Å². The summed E-state index contributed by atoms with van der Waals surface area (Å²) >= 11 is 0. The molecule has 7 heteroatoms. The van der Waals surface area contributed by atoms with Crippen LogP contribution in [0, 0.1) is 30.3 Å². The molecule has 0 saturated heterocycles. The fourth-order valence-corrected chi connectivity index (χ4v) is 2.90. The average Bonchev–Trinajstić information content (AvgIpc) is 2.77. The van der Waals surface area contributed by atoms with Gasteiger partial charge in [0, 0.05) is 20.9 Å². The van der Waals surface area contributed by atoms with Crippen molar-refractivity contribution in [3.63, 3.8) is 0 Å². The first kappa shape index (κ1) is 19.0. The number of aromatic nitrogens is 1. The van der Waals surface area contributed by atoms with E-state index in [2.05, 4.69) is 22.1 Å². The second-order valence-corrected chi connectivity index (χ2v) is 7.60. The number of aliphatic hydroxyl groups is 1. The summed E-state index contributed by atoms with van der Waals surface area (Å²) in [7, 11) is 0. The highest BCUT2D eigenvalue weighted by molar-refractivity contribution is 5.93. The van der Waals surface area contributed by atoms with E-state index in [-0.39, 0.29) is 22.6 Å². The number of halogens is 2. The maximum absolute atomic E-state index is 14.0. The number of phenolic OH excluding ortho intramolecular Hbond substituents is 1. The minimum Gasteiger partial charge on any atom is -0.508 e. The summed E-state index contributed by atoms with van der Waals surface area (Å²) in [5.41, 5.74) is -1.60. The van der Waals surface area contributed by atoms with Gasteiger partial charge in [-0.2, -0.15) is 0 Å². The summed E-state index contributed by atoms with van der Waals surface area (Å²) in [5, 5.41) is 22.8. The summed E-state index contributed by atoms with van der Waals surface area (Å²) in [4.78, 5) is 17.1. The van der Waals surface area contributed by atoms with Crippen molar-refractivity contribution in [2.75, 3.05) is 0 Å². The molecular weight excluding hydrogens is 414 g/mol. The Balaban J connectivity index is 2.08. The number of aromatic hydroxyl groups is 1. The zero-order chi connectivity index (χ0) is 26.0. The number of aryl methyl sites for hydroxylation is 1. The molecule has 3 aromatic rings. The molecule has 1 unspecified atom stereocenters. The highest BCUT2D eigenvalue weighted by Crippen LogP contribution is 2.30. The number of hydrogen-bond acceptors (Lipinski definition) is 4. The van der Waals surface area contributed by atoms with Crippen LogP contribution in [0.5, 0.6) is 5.75 Å². The molecule has 0 spiro atoms. The molecule has 1 atom stereocenters. The molecule has 0 radical (unpaired) electrons. The second kappa shape index (κ2) is 9.16. The largest absolute Gasteiger partial charge is 0.508 e. The third-order valence-electron chi connectivity index (χ3n) is 4.35. The van der Waals surface area contributed by atoms with Crippen molar-refractivity contribution in [3.05, 3.63) is 94.3 Å². The van der Waals surface area contributed by atoms with Gasteiger partial charge in [0.25, 0.3) is 5.91 Å². The van der Waals surface area contributed by atoms with Crippen LogP contribution in [0.15, 0.2) is 54.6 Å². The molecule has 1 amide bonds. The number of pyridine rings is 1. The molecule has 0 fully saturated rings. The number of rotatable bonds is 4. The molecule has 32 heavy (non-hydrogen) atoms. The highest BCUT2D eigenvalue weighted by Gasteiger charge is 2.22. The number of benzene rings is 2. The van der Waals surface area contributed by atoms with Crippen molar-refractivity contribution in [3.8, 4) is 17.6 Å². The lowest BCUT2D eigenvalue weighted by atomic mass is 9.97. The fraction of sp³-hybridized carbons (Fsp3) is 0.200. The SMILES string of the molecule is [2H]C([2H])([2H])c1cc(C#CC(C)(C)O)cc(C(=O)NC(c2ccc(F)cc2)c2cc(F)ccc2O)n1. The summed E-state index contributed by atoms with van der Waals surface area (Å²) in [5.74, 6) is 2.80. The topological polar surface area (TPSA) is 82.5 Å². The van der Waals surface area contributed by atoms with E-state index in [1.165, 1.54) is 38.1 Å². The van der Waals surface area contributed by atoms with E-state index in [0.717, 1.165) is 30.3 Å². The molecule has 0 aliphatic rings. The molecule has 1 heterocycles. The van der Waals surface area contributed by atoms with Crippen molar-refractivity contribution >= 4 is 5.91 Å². The van der Waals surface area contributed by atoms with Gasteiger partial charge in [-0.1, -0.05) is 24.0 Å². The molecule has 164 valence electrons. The predicted octanol–water partition coefficient (Wildman–Crippen LogP) is 4.02. The lowest BCUT2D eigenvalue weighted by molar-refractivity contribution is 0.0937. The average molecular weight is 439 g/mol. The van der Waals surface area contributed by atoms with Crippen LogP contribution in [0.4, 0.5) is 8.78 Å². The molecule has 0 saturated carbocycles. The molecular formula is C25H22F2N2O3. The van der Waals surface area contributed by atoms with Crippen LogP contribution in [0.3, 0.4) is 0 Å². The van der Waals surface area contributed by atoms with Gasteiger partial charge in [-0.05, 0) is 68.7 Å². The van der Waals surface area contributed by atoms with Gasteiger partial charge < -0.3 is 15.5 Å². The standard InChI is InChI=1S/C25H22F2N2O3/c1-15-12-16(10-11-25(2,3)32)13-21(28-15)24(31)29-23(17-4-6-18(26)7-5-17)20-14-19(27)8-9-22(20)30/h4-9,12-14,23,30,32H,1-3H3,(H,29,31)/i1D3. The Morgan fingerprint density at radius 1 is 1.12 bits per heavy atom. The summed E-state index contributed by atoms with van der Waals surface area (Å²) < 4.78 is 50.5. The highest BCUT2D eigenvalue weighted by atomic mass is 19.1. The first-order chi connectivity index (χ1) is 16.2. The van der Waals surface area contributed by atoms with Crippen molar-refractivity contribution < 1.29 is 27.9 Å². The molecule has 0 aliphatic carbocycles. The van der Waals surface area contributed by atoms with Crippen LogP contribution < -0.4 is 5.32 Å². The number of phenols is 1. The predicted molar refractivity (Wildman–Crippen MR) is 116 cm³/mol. The van der Waals surface area contributed by atoms with Gasteiger partial charge in [-0.15, -0.1) is 0 Å². The summed E-state index contributed by atoms with van der Waals surface area (Å²) in [6.45, 7) is 0.231. The number of carbonyl (C=O) groups excluding carboxylic acids is 1. The van der Waals surface area contributed by atoms with Crippen LogP contribution in [-0.4, -0.2) is 26.7 Å². The van der Waals surface area contributed by atoms with Gasteiger partial charge >= 0.3 is 0 Å². The molecule has 5 nitrogen and oxygen atoms in total. The van der Waals surface area contributed by atoms with E-state index in [9.17, 15) is 23.8 Å². The maximum atomic E-state index is 14.0. The number of amides is 1. The van der Waals surface area contributed by atoms with Gasteiger partial charge in [0.1, 0.15) is 28.7 Å². The van der Waals surface area contributed by atoms with Crippen molar-refractivity contribution in [1.82, 2.24) is 10.3 Å². The smallest absolute Gasteiger partial charge is 0.270 e. The van der Waals surface area contributed by atoms with Crippen LogP contribution in [0.2, 0.25) is 0 Å². The van der Waals surface area contributed by atoms with Crippen LogP contribution >= 0.6 is 0 Å². The maximum Gasteiger partial charge on any atom is 0.270 e. The van der Waals surface area contributed by atoms with Crippen molar-refractivity contribution in [2.24, 2.45) is 0 Å². The van der Waals surface area contributed by atoms with Gasteiger partial charge in [-0.3, -0.25) is 4.79 Å². The fourth-order valence-electron chi connectivity index (χ4n) is 2.90. The molecule has 0 aliphatic heterocycles. The number of nitrogens with zero attached hydrogens (tertiary/aromatic N) is 1. The number of carbonyl (C=O) groups is 1. The van der Waals surface area contributed by atoms with E-state index in [0.29, 0.717) is 5.56 Å². The van der Waals surface area contributed by atoms with E-state index in [1.807, 2.05) is 0 Å². The quantitative estimate of drug-likeness (QED) is 0.537. The monoisotopic (exact) mass is 439 g/mol. The Kier molecular flexibility index (Phi) is 5.43. The van der Waals surface area contributed by atoms with Gasteiger partial charge in [0.2, 0.25) is 0 Å². The van der Waals surface area contributed by atoms with E-state index in [4.69, 9.17) is 4.11 Å². The van der Waals surface area contributed by atoms with Crippen LogP contribution in [0.25, 0.3) is 0 Å². The summed E-state index contributed by atoms with van der Waals surface area (Å²) in [6, 6.07) is 9.50. The van der Waals surface area contributed by atoms with Crippen molar-refractivity contribution in [2.45, 2.75) is 32.3 Å². The molecule has 2 aromatic carbocycles. The normalized spacial score (nSPS) is 13.7. The van der Waals surface area contributed by atoms with Gasteiger partial charge in [-0.25, -0.2) is 13.8 Å². The molecule has 0 bridgehead atoms. The number of nitrogens with one attached hydrogen (secondary N) is 1. The Bertz CT molecular complexity index is 1310. The Hall–Kier alpha value is -3.76. The summed E-state index contributed by atoms with van der Waals surface area (Å²) in [6.07, 6.45) is 0. The van der Waals surface area contributed by atoms with E-state index >= 15 is 0 Å². The minimum atomic E-state index is -2.65. The van der Waals surface area contributed by atoms with E-state index < -0.39 is 41.7 Å². The van der Waals surface area contributed by atoms with Crippen LogP contribution in [-0.2, 0) is 0 Å². The lowest BCUT2D eigenvalue weighted by Crippen LogP contribution is -2.30. The van der Waals surface area contributed by atoms with Gasteiger partial charge in [0.15, 0.2) is 0 Å². The Morgan fingerprint density at radius 3 is 2.47 bits per heavy atom. The minimum absolute atomic E-state index is 0.000945. The Labute approximate surface area is 189 Å². The van der Waals surface area contributed by atoms with Crippen molar-refractivity contribution in [1.29, 1.82) is 0 Å². The zero-order valence-electron chi connectivity index (χ0n) is 20.3. The van der Waals surface area contributed by atoms with E-state index in [1.54, 1.807) is 0 Å². The number of hydrogen-bond donors (Lipinski definition) is 3. The Morgan fingerprint density at radius 2 is 1.81 bits per heavy atom. The molecule has 3 N–H and O–H groups in total. The molecule has 1 aromatic heterocycles. The molecule has 3 rings (SSSR count). The first-order valence-corrected chi connectivity index (χ1v) is 9.56. The first-order valence-electron chi connectivity index (χ1n) is 11.1. The third kappa shape index (κ3) is 5.90. The zero-order valence-corrected chi connectivity index (χ0v) is 17.3. The third-order valence-corrected chi connectivity index (χ3v) is 4.35.